The van der Waals surface area contributed by atoms with Crippen LogP contribution in [0.15, 0.2) is 12.1 Å². The molecule has 0 aromatic carbocycles. The van der Waals surface area contributed by atoms with Crippen LogP contribution in [-0.2, 0) is 33.9 Å². The van der Waals surface area contributed by atoms with E-state index in [0.717, 1.165) is 31.4 Å². The first-order valence-electron chi connectivity index (χ1n) is 10.8. The highest BCUT2D eigenvalue weighted by molar-refractivity contribution is 7.92. The van der Waals surface area contributed by atoms with Crippen molar-refractivity contribution in [2.75, 3.05) is 18.8 Å². The highest BCUT2D eigenvalue weighted by Crippen LogP contribution is 2.22. The molecule has 0 saturated carbocycles. The van der Waals surface area contributed by atoms with Crippen molar-refractivity contribution in [1.29, 1.82) is 0 Å². The molecule has 3 rings (SSSR count). The molecule has 2 aliphatic rings. The van der Waals surface area contributed by atoms with E-state index < -0.39 is 9.84 Å². The Labute approximate surface area is 169 Å². The van der Waals surface area contributed by atoms with Crippen LogP contribution >= 0.6 is 0 Å². The van der Waals surface area contributed by atoms with Crippen molar-refractivity contribution in [2.24, 2.45) is 0 Å². The average Bonchev–Trinajstić information content (AvgIpc) is 2.70. The number of sulfone groups is 1. The molecule has 0 amide bonds. The molecule has 1 unspecified atom stereocenters. The van der Waals surface area contributed by atoms with E-state index in [1.54, 1.807) is 6.92 Å². The maximum Gasteiger partial charge on any atom is 0.153 e. The molecule has 156 valence electrons. The summed E-state index contributed by atoms with van der Waals surface area (Å²) >= 11 is 0. The quantitative estimate of drug-likeness (QED) is 0.621. The summed E-state index contributed by atoms with van der Waals surface area (Å²) < 4.78 is 25.4. The Morgan fingerprint density at radius 2 is 1.89 bits per heavy atom. The number of piperidine rings is 1. The summed E-state index contributed by atoms with van der Waals surface area (Å²) in [6.07, 6.45) is 8.43. The zero-order valence-electron chi connectivity index (χ0n) is 17.3. The van der Waals surface area contributed by atoms with Crippen LogP contribution in [0.3, 0.4) is 0 Å². The molecule has 28 heavy (non-hydrogen) atoms. The van der Waals surface area contributed by atoms with Crippen LogP contribution in [0, 0.1) is 0 Å². The number of pyridine rings is 1. The smallest absolute Gasteiger partial charge is 0.153 e. The summed E-state index contributed by atoms with van der Waals surface area (Å²) in [4.78, 5) is 18.4. The summed E-state index contributed by atoms with van der Waals surface area (Å²) in [6, 6.07) is 4.22. The summed E-state index contributed by atoms with van der Waals surface area (Å²) in [5.74, 6) is 0.419. The molecule has 1 fully saturated rings. The van der Waals surface area contributed by atoms with Crippen LogP contribution in [0.5, 0.6) is 0 Å². The van der Waals surface area contributed by atoms with Gasteiger partial charge in [0.25, 0.3) is 0 Å². The van der Waals surface area contributed by atoms with Gasteiger partial charge in [0, 0.05) is 24.5 Å². The van der Waals surface area contributed by atoms with Crippen LogP contribution in [0.2, 0.25) is 0 Å². The van der Waals surface area contributed by atoms with E-state index in [4.69, 9.17) is 4.98 Å². The molecule has 0 spiro atoms. The van der Waals surface area contributed by atoms with E-state index in [1.807, 2.05) is 6.92 Å². The number of rotatable bonds is 8. The fraction of sp³-hybridized carbons (Fsp3) is 0.727. The minimum Gasteiger partial charge on any atom is -0.298 e. The van der Waals surface area contributed by atoms with Crippen LogP contribution in [0.25, 0.3) is 0 Å². The van der Waals surface area contributed by atoms with Crippen molar-refractivity contribution in [3.63, 3.8) is 0 Å². The Morgan fingerprint density at radius 3 is 2.61 bits per heavy atom. The third-order valence-corrected chi connectivity index (χ3v) is 8.81. The van der Waals surface area contributed by atoms with Gasteiger partial charge in [-0.3, -0.25) is 14.7 Å². The number of aryl methyl sites for hydroxylation is 3. The Balaban J connectivity index is 1.42. The van der Waals surface area contributed by atoms with Gasteiger partial charge >= 0.3 is 0 Å². The standard InChI is InChI=1S/C22H34N2O3S/c1-17(18(2)25)24-14-12-21(13-15-24)28(26,27)16-6-5-8-20-11-10-19-7-3-4-9-22(19)23-20/h10-11,17,21H,3-9,12-16H2,1-2H3. The number of hydrogen-bond acceptors (Lipinski definition) is 5. The van der Waals surface area contributed by atoms with Gasteiger partial charge in [-0.2, -0.15) is 0 Å². The second-order valence-corrected chi connectivity index (χ2v) is 10.9. The molecule has 0 bridgehead atoms. The molecule has 1 aliphatic heterocycles. The normalized spacial score (nSPS) is 19.9. The number of ketones is 1. The largest absolute Gasteiger partial charge is 0.298 e. The molecular weight excluding hydrogens is 372 g/mol. The van der Waals surface area contributed by atoms with Crippen LogP contribution in [0.1, 0.15) is 69.3 Å². The molecule has 5 nitrogen and oxygen atoms in total. The average molecular weight is 407 g/mol. The fourth-order valence-electron chi connectivity index (χ4n) is 4.42. The van der Waals surface area contributed by atoms with Crippen LogP contribution < -0.4 is 0 Å². The number of likely N-dealkylation sites (tertiary alicyclic amines) is 1. The number of unbranched alkanes of at least 4 members (excludes halogenated alkanes) is 1. The molecule has 0 radical (unpaired) electrons. The third kappa shape index (κ3) is 5.41. The van der Waals surface area contributed by atoms with Crippen molar-refractivity contribution in [1.82, 2.24) is 9.88 Å². The van der Waals surface area contributed by atoms with Gasteiger partial charge in [-0.05, 0) is 83.3 Å². The maximum atomic E-state index is 12.7. The topological polar surface area (TPSA) is 67.3 Å². The van der Waals surface area contributed by atoms with E-state index >= 15 is 0 Å². The molecule has 1 aromatic rings. The lowest BCUT2D eigenvalue weighted by Gasteiger charge is -2.34. The molecule has 2 heterocycles. The molecular formula is C22H34N2O3S. The Morgan fingerprint density at radius 1 is 1.18 bits per heavy atom. The lowest BCUT2D eigenvalue weighted by atomic mass is 9.95. The van der Waals surface area contributed by atoms with Gasteiger partial charge in [0.2, 0.25) is 0 Å². The zero-order chi connectivity index (χ0) is 20.1. The van der Waals surface area contributed by atoms with Crippen LogP contribution in [0.4, 0.5) is 0 Å². The van der Waals surface area contributed by atoms with E-state index in [9.17, 15) is 13.2 Å². The number of Topliss-reactive ketones (excluding diaryl/α,β-unsaturated/α-hetero) is 1. The second kappa shape index (κ2) is 9.49. The molecule has 1 aliphatic carbocycles. The van der Waals surface area contributed by atoms with Gasteiger partial charge in [-0.15, -0.1) is 0 Å². The van der Waals surface area contributed by atoms with E-state index in [-0.39, 0.29) is 22.8 Å². The number of hydrogen-bond donors (Lipinski definition) is 0. The summed E-state index contributed by atoms with van der Waals surface area (Å²) in [5.41, 5.74) is 3.75. The minimum absolute atomic E-state index is 0.104. The van der Waals surface area contributed by atoms with Gasteiger partial charge in [-0.1, -0.05) is 6.07 Å². The van der Waals surface area contributed by atoms with Crippen molar-refractivity contribution < 1.29 is 13.2 Å². The molecule has 1 aromatic heterocycles. The van der Waals surface area contributed by atoms with E-state index in [1.165, 1.54) is 24.1 Å². The Bertz CT molecular complexity index is 783. The maximum absolute atomic E-state index is 12.7. The van der Waals surface area contributed by atoms with E-state index in [0.29, 0.717) is 32.4 Å². The zero-order valence-corrected chi connectivity index (χ0v) is 18.1. The third-order valence-electron chi connectivity index (χ3n) is 6.47. The first-order chi connectivity index (χ1) is 13.4. The number of carbonyl (C=O) groups excluding carboxylic acids is 1. The lowest BCUT2D eigenvalue weighted by molar-refractivity contribution is -0.121. The number of nitrogens with zero attached hydrogens (tertiary/aromatic N) is 2. The van der Waals surface area contributed by atoms with Crippen molar-refractivity contribution in [3.05, 3.63) is 29.1 Å². The number of fused-ring (bicyclic) bond motifs is 1. The molecule has 1 saturated heterocycles. The molecule has 1 atom stereocenters. The number of aromatic nitrogens is 1. The fourth-order valence-corrected chi connectivity index (χ4v) is 6.29. The lowest BCUT2D eigenvalue weighted by Crippen LogP contribution is -2.46. The van der Waals surface area contributed by atoms with E-state index in [2.05, 4.69) is 17.0 Å². The number of carbonyl (C=O) groups is 1. The SMILES string of the molecule is CC(=O)C(C)N1CCC(S(=O)(=O)CCCCc2ccc3c(n2)CCCC3)CC1. The highest BCUT2D eigenvalue weighted by atomic mass is 32.2. The minimum atomic E-state index is -3.05. The predicted molar refractivity (Wildman–Crippen MR) is 112 cm³/mol. The first-order valence-corrected chi connectivity index (χ1v) is 12.5. The van der Waals surface area contributed by atoms with Gasteiger partial charge in [-0.25, -0.2) is 8.42 Å². The summed E-state index contributed by atoms with van der Waals surface area (Å²) in [5, 5.41) is -0.246. The monoisotopic (exact) mass is 406 g/mol. The van der Waals surface area contributed by atoms with Crippen molar-refractivity contribution in [3.8, 4) is 0 Å². The van der Waals surface area contributed by atoms with Gasteiger partial charge in [0.05, 0.1) is 17.0 Å². The highest BCUT2D eigenvalue weighted by Gasteiger charge is 2.31. The molecule has 0 N–H and O–H groups in total. The Kier molecular flexibility index (Phi) is 7.26. The van der Waals surface area contributed by atoms with Crippen LogP contribution in [-0.4, -0.2) is 54.2 Å². The van der Waals surface area contributed by atoms with Gasteiger partial charge in [0.1, 0.15) is 5.78 Å². The van der Waals surface area contributed by atoms with Gasteiger partial charge in [0.15, 0.2) is 9.84 Å². The van der Waals surface area contributed by atoms with Crippen molar-refractivity contribution >= 4 is 15.6 Å². The predicted octanol–water partition coefficient (Wildman–Crippen LogP) is 3.14. The van der Waals surface area contributed by atoms with Gasteiger partial charge < -0.3 is 0 Å². The first kappa shape index (κ1) is 21.4. The second-order valence-electron chi connectivity index (χ2n) is 8.46. The summed E-state index contributed by atoms with van der Waals surface area (Å²) in [6.45, 7) is 4.91. The summed E-state index contributed by atoms with van der Waals surface area (Å²) in [7, 11) is -3.05. The van der Waals surface area contributed by atoms with Crippen molar-refractivity contribution in [2.45, 2.75) is 82.9 Å². The Hall–Kier alpha value is -1.27. The molecule has 6 heteroatoms.